The Morgan fingerprint density at radius 3 is 2.05 bits per heavy atom. The molecule has 0 radical (unpaired) electrons. The number of unbranched alkanes of at least 4 members (excludes halogenated alkanes) is 1. The van der Waals surface area contributed by atoms with Gasteiger partial charge in [0.25, 0.3) is 0 Å². The molecule has 19 heavy (non-hydrogen) atoms. The third-order valence-electron chi connectivity index (χ3n) is 2.61. The number of nitrogens with two attached hydrogens (primary N) is 1. The highest BCUT2D eigenvalue weighted by Gasteiger charge is 1.98. The van der Waals surface area contributed by atoms with E-state index in [2.05, 4.69) is 13.8 Å². The molecule has 0 aliphatic carbocycles. The fourth-order valence-corrected chi connectivity index (χ4v) is 2.20. The molecule has 0 spiro atoms. The number of rotatable bonds is 15. The Balaban J connectivity index is 2.95. The molecule has 0 saturated carbocycles. The highest BCUT2D eigenvalue weighted by molar-refractivity contribution is 7.99. The molecule has 0 fully saturated rings. The van der Waals surface area contributed by atoms with Gasteiger partial charge in [-0.1, -0.05) is 20.3 Å². The van der Waals surface area contributed by atoms with Gasteiger partial charge in [-0.15, -0.1) is 0 Å². The van der Waals surface area contributed by atoms with Crippen LogP contribution in [0.4, 0.5) is 0 Å². The van der Waals surface area contributed by atoms with Crippen LogP contribution in [0.5, 0.6) is 0 Å². The van der Waals surface area contributed by atoms with Gasteiger partial charge in [0.05, 0.1) is 33.0 Å². The van der Waals surface area contributed by atoms with E-state index >= 15 is 0 Å². The van der Waals surface area contributed by atoms with Crippen LogP contribution >= 0.6 is 11.8 Å². The fraction of sp³-hybridized carbons (Fsp3) is 1.00. The monoisotopic (exact) mass is 293 g/mol. The second-order valence-corrected chi connectivity index (χ2v) is 5.58. The zero-order valence-electron chi connectivity index (χ0n) is 12.6. The molecular formula is C14H31NO3S. The van der Waals surface area contributed by atoms with Gasteiger partial charge in [-0.25, -0.2) is 0 Å². The third-order valence-corrected chi connectivity index (χ3v) is 3.73. The van der Waals surface area contributed by atoms with Crippen LogP contribution in [-0.2, 0) is 14.2 Å². The molecule has 0 heterocycles. The third kappa shape index (κ3) is 16.1. The van der Waals surface area contributed by atoms with Crippen LogP contribution in [-0.4, -0.2) is 57.2 Å². The summed E-state index contributed by atoms with van der Waals surface area (Å²) in [5.41, 5.74) is 5.82. The first-order chi connectivity index (χ1) is 9.31. The summed E-state index contributed by atoms with van der Waals surface area (Å²) in [6.07, 6.45) is 3.35. The number of thioether (sulfide) groups is 1. The van der Waals surface area contributed by atoms with Crippen molar-refractivity contribution in [3.05, 3.63) is 0 Å². The predicted octanol–water partition coefficient (Wildman–Crippen LogP) is 2.31. The minimum absolute atomic E-state index is 0.320. The van der Waals surface area contributed by atoms with Crippen LogP contribution in [0.3, 0.4) is 0 Å². The zero-order valence-corrected chi connectivity index (χ0v) is 13.4. The molecule has 4 nitrogen and oxygen atoms in total. The summed E-state index contributed by atoms with van der Waals surface area (Å²) in [6, 6.07) is 0.320. The summed E-state index contributed by atoms with van der Waals surface area (Å²) in [4.78, 5) is 0. The van der Waals surface area contributed by atoms with Crippen LogP contribution in [0.2, 0.25) is 0 Å². The molecule has 116 valence electrons. The van der Waals surface area contributed by atoms with Crippen LogP contribution in [0.1, 0.15) is 33.1 Å². The van der Waals surface area contributed by atoms with E-state index in [1.165, 1.54) is 6.42 Å². The quantitative estimate of drug-likeness (QED) is 0.470. The molecule has 5 heteroatoms. The summed E-state index contributed by atoms with van der Waals surface area (Å²) >= 11 is 1.85. The maximum atomic E-state index is 5.82. The first-order valence-corrected chi connectivity index (χ1v) is 8.53. The van der Waals surface area contributed by atoms with Gasteiger partial charge in [0.15, 0.2) is 0 Å². The molecule has 0 rings (SSSR count). The first kappa shape index (κ1) is 19.2. The molecule has 1 atom stereocenters. The molecule has 1 unspecified atom stereocenters. The smallest absolute Gasteiger partial charge is 0.0701 e. The van der Waals surface area contributed by atoms with Gasteiger partial charge in [0.1, 0.15) is 0 Å². The van der Waals surface area contributed by atoms with E-state index in [1.807, 2.05) is 11.8 Å². The topological polar surface area (TPSA) is 53.7 Å². The van der Waals surface area contributed by atoms with E-state index in [9.17, 15) is 0 Å². The standard InChI is InChI=1S/C14H31NO3S/c1-3-5-6-16-7-8-17-9-10-18-11-12-19-13-14(15)4-2/h14H,3-13,15H2,1-2H3. The maximum Gasteiger partial charge on any atom is 0.0701 e. The van der Waals surface area contributed by atoms with Gasteiger partial charge in [0, 0.05) is 24.2 Å². The largest absolute Gasteiger partial charge is 0.379 e. The minimum Gasteiger partial charge on any atom is -0.379 e. The molecule has 2 N–H and O–H groups in total. The van der Waals surface area contributed by atoms with E-state index < -0.39 is 0 Å². The van der Waals surface area contributed by atoms with Crippen LogP contribution in [0.15, 0.2) is 0 Å². The Labute approximate surface area is 122 Å². The predicted molar refractivity (Wildman–Crippen MR) is 83.0 cm³/mol. The Kier molecular flexibility index (Phi) is 16.4. The van der Waals surface area contributed by atoms with Gasteiger partial charge < -0.3 is 19.9 Å². The summed E-state index contributed by atoms with van der Waals surface area (Å²) in [5.74, 6) is 2.03. The van der Waals surface area contributed by atoms with Crippen LogP contribution in [0.25, 0.3) is 0 Å². The summed E-state index contributed by atoms with van der Waals surface area (Å²) in [7, 11) is 0. The van der Waals surface area contributed by atoms with Crippen molar-refractivity contribution in [2.24, 2.45) is 5.73 Å². The van der Waals surface area contributed by atoms with Crippen molar-refractivity contribution in [1.82, 2.24) is 0 Å². The zero-order chi connectivity index (χ0) is 14.2. The van der Waals surface area contributed by atoms with Crippen molar-refractivity contribution in [2.75, 3.05) is 51.1 Å². The number of hydrogen-bond acceptors (Lipinski definition) is 5. The van der Waals surface area contributed by atoms with Gasteiger partial charge in [0.2, 0.25) is 0 Å². The molecule has 0 saturated heterocycles. The Bertz CT molecular complexity index is 173. The molecule has 0 aromatic rings. The van der Waals surface area contributed by atoms with E-state index in [1.54, 1.807) is 0 Å². The van der Waals surface area contributed by atoms with E-state index in [0.717, 1.165) is 37.6 Å². The summed E-state index contributed by atoms with van der Waals surface area (Å²) in [5, 5.41) is 0. The number of hydrogen-bond donors (Lipinski definition) is 1. The Hall–Kier alpha value is 0.190. The molecule has 0 aromatic heterocycles. The lowest BCUT2D eigenvalue weighted by atomic mass is 10.3. The minimum atomic E-state index is 0.320. The van der Waals surface area contributed by atoms with E-state index in [4.69, 9.17) is 19.9 Å². The molecule has 0 aromatic carbocycles. The van der Waals surface area contributed by atoms with Crippen molar-refractivity contribution in [3.63, 3.8) is 0 Å². The van der Waals surface area contributed by atoms with Crippen molar-refractivity contribution in [2.45, 2.75) is 39.2 Å². The van der Waals surface area contributed by atoms with Crippen LogP contribution < -0.4 is 5.73 Å². The van der Waals surface area contributed by atoms with Gasteiger partial charge in [-0.3, -0.25) is 0 Å². The lowest BCUT2D eigenvalue weighted by molar-refractivity contribution is 0.0169. The molecular weight excluding hydrogens is 262 g/mol. The lowest BCUT2D eigenvalue weighted by Gasteiger charge is -2.08. The van der Waals surface area contributed by atoms with Gasteiger partial charge in [-0.05, 0) is 12.8 Å². The fourth-order valence-electron chi connectivity index (χ4n) is 1.26. The van der Waals surface area contributed by atoms with Gasteiger partial charge >= 0.3 is 0 Å². The number of ether oxygens (including phenoxy) is 3. The van der Waals surface area contributed by atoms with Crippen molar-refractivity contribution < 1.29 is 14.2 Å². The average molecular weight is 293 g/mol. The molecule has 0 bridgehead atoms. The second kappa shape index (κ2) is 16.2. The highest BCUT2D eigenvalue weighted by atomic mass is 32.2. The van der Waals surface area contributed by atoms with Crippen molar-refractivity contribution >= 4 is 11.8 Å². The normalized spacial score (nSPS) is 12.8. The highest BCUT2D eigenvalue weighted by Crippen LogP contribution is 2.03. The van der Waals surface area contributed by atoms with E-state index in [0.29, 0.717) is 32.5 Å². The summed E-state index contributed by atoms with van der Waals surface area (Å²) in [6.45, 7) is 8.55. The van der Waals surface area contributed by atoms with Crippen molar-refractivity contribution in [3.8, 4) is 0 Å². The second-order valence-electron chi connectivity index (χ2n) is 4.43. The Morgan fingerprint density at radius 2 is 1.47 bits per heavy atom. The lowest BCUT2D eigenvalue weighted by Crippen LogP contribution is -2.21. The average Bonchev–Trinajstić information content (AvgIpc) is 2.43. The Morgan fingerprint density at radius 1 is 0.895 bits per heavy atom. The van der Waals surface area contributed by atoms with E-state index in [-0.39, 0.29) is 0 Å². The molecule has 0 aliphatic heterocycles. The molecule has 0 amide bonds. The maximum absolute atomic E-state index is 5.82. The van der Waals surface area contributed by atoms with Crippen molar-refractivity contribution in [1.29, 1.82) is 0 Å². The van der Waals surface area contributed by atoms with Crippen LogP contribution in [0, 0.1) is 0 Å². The van der Waals surface area contributed by atoms with Gasteiger partial charge in [-0.2, -0.15) is 11.8 Å². The molecule has 0 aliphatic rings. The SMILES string of the molecule is CCCCOCCOCCOCCSCC(N)CC. The first-order valence-electron chi connectivity index (χ1n) is 7.37. The summed E-state index contributed by atoms with van der Waals surface area (Å²) < 4.78 is 16.3.